The zero-order valence-electron chi connectivity index (χ0n) is 15.9. The van der Waals surface area contributed by atoms with Crippen molar-refractivity contribution in [2.24, 2.45) is 0 Å². The van der Waals surface area contributed by atoms with Crippen molar-refractivity contribution in [2.45, 2.75) is 42.5 Å². The molecule has 5 nitrogen and oxygen atoms in total. The standard InChI is InChI=1S/C21H23N3O2S2/c1-14(2)24-11-15(9-22-24)10-23-12-18-17-8-16(19-4-3-7-27-19)5-6-20(17)28(25,26)21(18)13-23/h3-9,11,14,18,21H,10,12-13H2,1-2H3/t18-,21+/m1/s1. The molecule has 0 amide bonds. The normalized spacial score (nSPS) is 23.2. The second-order valence-electron chi connectivity index (χ2n) is 8.04. The number of nitrogens with zero attached hydrogens (tertiary/aromatic N) is 3. The lowest BCUT2D eigenvalue weighted by molar-refractivity contribution is 0.325. The Balaban J connectivity index is 1.43. The Morgan fingerprint density at radius 2 is 2.11 bits per heavy atom. The highest BCUT2D eigenvalue weighted by Gasteiger charge is 2.50. The van der Waals surface area contributed by atoms with E-state index in [1.807, 2.05) is 29.1 Å². The number of likely N-dealkylation sites (tertiary alicyclic amines) is 1. The van der Waals surface area contributed by atoms with Crippen LogP contribution in [0.5, 0.6) is 0 Å². The van der Waals surface area contributed by atoms with Gasteiger partial charge in [0.25, 0.3) is 0 Å². The molecule has 0 N–H and O–H groups in total. The molecule has 5 rings (SSSR count). The molecule has 1 fully saturated rings. The molecule has 146 valence electrons. The van der Waals surface area contributed by atoms with Crippen LogP contribution in [0.2, 0.25) is 0 Å². The number of thiophene rings is 1. The molecule has 0 aliphatic carbocycles. The molecule has 1 aromatic carbocycles. The second-order valence-corrected chi connectivity index (χ2v) is 11.1. The van der Waals surface area contributed by atoms with Crippen LogP contribution < -0.4 is 0 Å². The highest BCUT2D eigenvalue weighted by Crippen LogP contribution is 2.46. The number of sulfone groups is 1. The fraction of sp³-hybridized carbons (Fsp3) is 0.381. The van der Waals surface area contributed by atoms with E-state index in [0.29, 0.717) is 17.5 Å². The molecular formula is C21H23N3O2S2. The molecule has 2 atom stereocenters. The number of hydrogen-bond acceptors (Lipinski definition) is 5. The molecule has 2 aliphatic rings. The maximum absolute atomic E-state index is 13.1. The average molecular weight is 414 g/mol. The van der Waals surface area contributed by atoms with Gasteiger partial charge in [-0.1, -0.05) is 12.1 Å². The summed E-state index contributed by atoms with van der Waals surface area (Å²) >= 11 is 1.68. The van der Waals surface area contributed by atoms with Crippen molar-refractivity contribution in [1.29, 1.82) is 0 Å². The molecule has 0 bridgehead atoms. The summed E-state index contributed by atoms with van der Waals surface area (Å²) in [5.74, 6) is 0.0556. The van der Waals surface area contributed by atoms with E-state index >= 15 is 0 Å². The van der Waals surface area contributed by atoms with E-state index in [1.165, 1.54) is 4.88 Å². The number of aromatic nitrogens is 2. The van der Waals surface area contributed by atoms with Gasteiger partial charge in [-0.15, -0.1) is 11.3 Å². The van der Waals surface area contributed by atoms with Gasteiger partial charge in [0.1, 0.15) is 0 Å². The van der Waals surface area contributed by atoms with Crippen molar-refractivity contribution in [1.82, 2.24) is 14.7 Å². The summed E-state index contributed by atoms with van der Waals surface area (Å²) < 4.78 is 28.2. The summed E-state index contributed by atoms with van der Waals surface area (Å²) in [6, 6.07) is 10.3. The van der Waals surface area contributed by atoms with E-state index in [-0.39, 0.29) is 11.2 Å². The molecule has 0 saturated carbocycles. The average Bonchev–Trinajstić information content (AvgIpc) is 3.43. The van der Waals surface area contributed by atoms with Gasteiger partial charge >= 0.3 is 0 Å². The summed E-state index contributed by atoms with van der Waals surface area (Å²) in [5.41, 5.74) is 3.25. The monoisotopic (exact) mass is 413 g/mol. The number of benzene rings is 1. The first kappa shape index (κ1) is 18.1. The number of fused-ring (bicyclic) bond motifs is 3. The van der Waals surface area contributed by atoms with Crippen LogP contribution >= 0.6 is 11.3 Å². The van der Waals surface area contributed by atoms with Crippen molar-refractivity contribution in [3.05, 3.63) is 59.2 Å². The van der Waals surface area contributed by atoms with Gasteiger partial charge in [0, 0.05) is 48.2 Å². The molecular weight excluding hydrogens is 390 g/mol. The van der Waals surface area contributed by atoms with Crippen LogP contribution in [0.1, 0.15) is 36.9 Å². The minimum atomic E-state index is -3.26. The van der Waals surface area contributed by atoms with E-state index in [0.717, 1.165) is 29.8 Å². The smallest absolute Gasteiger partial charge is 0.183 e. The molecule has 0 radical (unpaired) electrons. The van der Waals surface area contributed by atoms with Crippen LogP contribution in [0.15, 0.2) is 53.0 Å². The third-order valence-corrected chi connectivity index (χ3v) is 9.03. The lowest BCUT2D eigenvalue weighted by atomic mass is 9.96. The third-order valence-electron chi connectivity index (χ3n) is 5.85. The van der Waals surface area contributed by atoms with Gasteiger partial charge in [0.15, 0.2) is 9.84 Å². The quantitative estimate of drug-likeness (QED) is 0.650. The minimum absolute atomic E-state index is 0.0556. The van der Waals surface area contributed by atoms with E-state index in [9.17, 15) is 8.42 Å². The first-order chi connectivity index (χ1) is 13.4. The van der Waals surface area contributed by atoms with Crippen LogP contribution in [0.3, 0.4) is 0 Å². The van der Waals surface area contributed by atoms with Crippen LogP contribution in [-0.4, -0.2) is 41.4 Å². The maximum atomic E-state index is 13.1. The lowest BCUT2D eigenvalue weighted by Gasteiger charge is -2.16. The number of hydrogen-bond donors (Lipinski definition) is 0. The first-order valence-electron chi connectivity index (χ1n) is 9.60. The minimum Gasteiger partial charge on any atom is -0.297 e. The SMILES string of the molecule is CC(C)n1cc(CN2C[C@@H]3c4cc(-c5cccs5)ccc4S(=O)(=O)[C@H]3C2)cn1. The molecule has 3 aromatic rings. The molecule has 0 spiro atoms. The predicted molar refractivity (Wildman–Crippen MR) is 111 cm³/mol. The topological polar surface area (TPSA) is 55.2 Å². The summed E-state index contributed by atoms with van der Waals surface area (Å²) in [4.78, 5) is 3.98. The van der Waals surface area contributed by atoms with E-state index in [2.05, 4.69) is 47.6 Å². The van der Waals surface area contributed by atoms with Gasteiger partial charge < -0.3 is 0 Å². The van der Waals surface area contributed by atoms with Gasteiger partial charge in [-0.05, 0) is 48.6 Å². The zero-order chi connectivity index (χ0) is 19.5. The summed E-state index contributed by atoms with van der Waals surface area (Å²) in [5, 5.41) is 6.13. The molecule has 28 heavy (non-hydrogen) atoms. The Morgan fingerprint density at radius 3 is 2.82 bits per heavy atom. The third kappa shape index (κ3) is 2.84. The van der Waals surface area contributed by atoms with Gasteiger partial charge in [-0.3, -0.25) is 9.58 Å². The Kier molecular flexibility index (Phi) is 4.23. The summed E-state index contributed by atoms with van der Waals surface area (Å²) in [6.07, 6.45) is 3.96. The number of rotatable bonds is 4. The summed E-state index contributed by atoms with van der Waals surface area (Å²) in [6.45, 7) is 6.31. The van der Waals surface area contributed by atoms with Gasteiger partial charge in [-0.25, -0.2) is 8.42 Å². The fourth-order valence-corrected chi connectivity index (χ4v) is 7.37. The van der Waals surface area contributed by atoms with Crippen LogP contribution in [0, 0.1) is 0 Å². The maximum Gasteiger partial charge on any atom is 0.183 e. The Labute approximate surface area is 169 Å². The zero-order valence-corrected chi connectivity index (χ0v) is 17.6. The van der Waals surface area contributed by atoms with E-state index < -0.39 is 9.84 Å². The predicted octanol–water partition coefficient (Wildman–Crippen LogP) is 3.95. The van der Waals surface area contributed by atoms with Crippen LogP contribution in [0.25, 0.3) is 10.4 Å². The van der Waals surface area contributed by atoms with Crippen LogP contribution in [0.4, 0.5) is 0 Å². The van der Waals surface area contributed by atoms with E-state index in [1.54, 1.807) is 11.3 Å². The molecule has 1 saturated heterocycles. The highest BCUT2D eigenvalue weighted by atomic mass is 32.2. The van der Waals surface area contributed by atoms with Crippen molar-refractivity contribution < 1.29 is 8.42 Å². The Morgan fingerprint density at radius 1 is 1.25 bits per heavy atom. The first-order valence-corrected chi connectivity index (χ1v) is 12.0. The molecule has 2 aromatic heterocycles. The Hall–Kier alpha value is -1.96. The Bertz CT molecular complexity index is 1120. The largest absolute Gasteiger partial charge is 0.297 e. The van der Waals surface area contributed by atoms with Crippen molar-refractivity contribution in [3.63, 3.8) is 0 Å². The second kappa shape index (κ2) is 6.54. The van der Waals surface area contributed by atoms with Crippen molar-refractivity contribution >= 4 is 21.2 Å². The highest BCUT2D eigenvalue weighted by molar-refractivity contribution is 7.92. The lowest BCUT2D eigenvalue weighted by Crippen LogP contribution is -2.25. The van der Waals surface area contributed by atoms with Gasteiger partial charge in [-0.2, -0.15) is 5.10 Å². The van der Waals surface area contributed by atoms with E-state index in [4.69, 9.17) is 0 Å². The molecule has 0 unspecified atom stereocenters. The van der Waals surface area contributed by atoms with Gasteiger partial charge in [0.2, 0.25) is 0 Å². The van der Waals surface area contributed by atoms with Crippen LogP contribution in [-0.2, 0) is 16.4 Å². The van der Waals surface area contributed by atoms with Crippen molar-refractivity contribution in [3.8, 4) is 10.4 Å². The van der Waals surface area contributed by atoms with Gasteiger partial charge in [0.05, 0.1) is 16.3 Å². The molecule has 7 heteroatoms. The molecule has 4 heterocycles. The fourth-order valence-electron chi connectivity index (χ4n) is 4.45. The molecule has 2 aliphatic heterocycles. The van der Waals surface area contributed by atoms with Crippen molar-refractivity contribution in [2.75, 3.05) is 13.1 Å². The summed E-state index contributed by atoms with van der Waals surface area (Å²) in [7, 11) is -3.26.